The van der Waals surface area contributed by atoms with Gasteiger partial charge < -0.3 is 10.1 Å². The lowest BCUT2D eigenvalue weighted by Crippen LogP contribution is -2.31. The van der Waals surface area contributed by atoms with E-state index in [4.69, 9.17) is 0 Å². The maximum absolute atomic E-state index is 12.2. The van der Waals surface area contributed by atoms with Crippen LogP contribution in [0.2, 0.25) is 0 Å². The molecule has 2 rings (SSSR count). The van der Waals surface area contributed by atoms with Crippen molar-refractivity contribution in [3.8, 4) is 0 Å². The number of nitrogens with zero attached hydrogens (tertiary/aromatic N) is 3. The van der Waals surface area contributed by atoms with Crippen LogP contribution >= 0.6 is 0 Å². The second-order valence-electron chi connectivity index (χ2n) is 3.93. The van der Waals surface area contributed by atoms with Crippen LogP contribution in [-0.4, -0.2) is 24.2 Å². The molecule has 2 aromatic carbocycles. The molecule has 108 valence electrons. The highest BCUT2D eigenvalue weighted by atomic mass is 32.2. The molecule has 8 heteroatoms. The van der Waals surface area contributed by atoms with Crippen LogP contribution in [0.5, 0.6) is 0 Å². The number of hydrazine groups is 1. The Morgan fingerprint density at radius 1 is 1.00 bits per heavy atom. The van der Waals surface area contributed by atoms with Gasteiger partial charge in [0.05, 0.1) is 15.0 Å². The molecule has 0 heterocycles. The molecule has 0 aromatic heterocycles. The van der Waals surface area contributed by atoms with Crippen molar-refractivity contribution in [2.24, 2.45) is 5.10 Å². The fraction of sp³-hybridized carbons (Fsp3) is 0. The Kier molecular flexibility index (Phi) is 4.29. The molecule has 0 N–H and O–H groups in total. The lowest BCUT2D eigenvalue weighted by atomic mass is 10.2. The molecule has 0 radical (unpaired) electrons. The molecular formula is C13H11N3O4S. The van der Waals surface area contributed by atoms with Crippen molar-refractivity contribution in [2.45, 2.75) is 4.90 Å². The smallest absolute Gasteiger partial charge is 0.337 e. The lowest BCUT2D eigenvalue weighted by molar-refractivity contribution is -0.621. The molecule has 0 saturated carbocycles. The second-order valence-corrected chi connectivity index (χ2v) is 5.68. The zero-order valence-electron chi connectivity index (χ0n) is 10.7. The quantitative estimate of drug-likeness (QED) is 0.479. The first kappa shape index (κ1) is 14.7. The first-order valence-corrected chi connectivity index (χ1v) is 7.29. The van der Waals surface area contributed by atoms with E-state index in [0.717, 1.165) is 6.21 Å². The maximum Gasteiger partial charge on any atom is 0.337 e. The Labute approximate surface area is 121 Å². The number of rotatable bonds is 5. The summed E-state index contributed by atoms with van der Waals surface area (Å²) in [7, 11) is -4.33. The minimum Gasteiger partial charge on any atom is -0.338 e. The van der Waals surface area contributed by atoms with Gasteiger partial charge in [-0.25, -0.2) is 0 Å². The Morgan fingerprint density at radius 2 is 1.52 bits per heavy atom. The van der Waals surface area contributed by atoms with Gasteiger partial charge in [0.1, 0.15) is 4.52 Å². The van der Waals surface area contributed by atoms with E-state index in [-0.39, 0.29) is 9.42 Å². The molecule has 0 bridgehead atoms. The summed E-state index contributed by atoms with van der Waals surface area (Å²) in [6, 6.07) is 15.6. The molecule has 0 aliphatic carbocycles. The first-order chi connectivity index (χ1) is 10.0. The normalized spacial score (nSPS) is 11.4. The average Bonchev–Trinajstić information content (AvgIpc) is 2.49. The van der Waals surface area contributed by atoms with Crippen LogP contribution in [0.3, 0.4) is 0 Å². The van der Waals surface area contributed by atoms with Crippen molar-refractivity contribution in [3.63, 3.8) is 0 Å². The van der Waals surface area contributed by atoms with Gasteiger partial charge >= 0.3 is 10.0 Å². The molecule has 0 aliphatic rings. The molecule has 0 atom stereocenters. The fourth-order valence-corrected chi connectivity index (χ4v) is 2.57. The molecule has 21 heavy (non-hydrogen) atoms. The number of benzene rings is 2. The zero-order chi connectivity index (χ0) is 15.3. The van der Waals surface area contributed by atoms with E-state index in [0.29, 0.717) is 5.56 Å². The Balaban J connectivity index is 2.36. The SMILES string of the molecule is O=[N+]([O-])N(/N=C/c1ccccc1)S(=O)(=O)c1ccccc1. The largest absolute Gasteiger partial charge is 0.338 e. The van der Waals surface area contributed by atoms with Crippen LogP contribution in [-0.2, 0) is 10.0 Å². The predicted molar refractivity (Wildman–Crippen MR) is 76.5 cm³/mol. The summed E-state index contributed by atoms with van der Waals surface area (Å²) in [4.78, 5) is 10.8. The Morgan fingerprint density at radius 3 is 2.05 bits per heavy atom. The van der Waals surface area contributed by atoms with Crippen molar-refractivity contribution in [2.75, 3.05) is 0 Å². The zero-order valence-corrected chi connectivity index (χ0v) is 11.6. The number of hydrogen-bond acceptors (Lipinski definition) is 5. The maximum atomic E-state index is 12.2. The summed E-state index contributed by atoms with van der Waals surface area (Å²) in [5, 5.41) is 13.4. The fourth-order valence-electron chi connectivity index (χ4n) is 1.53. The molecule has 2 aromatic rings. The summed E-state index contributed by atoms with van der Waals surface area (Å²) in [6.45, 7) is 0. The van der Waals surface area contributed by atoms with E-state index in [1.807, 2.05) is 0 Å². The monoisotopic (exact) mass is 305 g/mol. The van der Waals surface area contributed by atoms with Crippen LogP contribution < -0.4 is 0 Å². The van der Waals surface area contributed by atoms with Gasteiger partial charge in [0, 0.05) is 5.56 Å². The van der Waals surface area contributed by atoms with Crippen molar-refractivity contribution < 1.29 is 13.5 Å². The Bertz CT molecular complexity index is 746. The van der Waals surface area contributed by atoms with E-state index in [1.54, 1.807) is 36.4 Å². The van der Waals surface area contributed by atoms with Gasteiger partial charge in [-0.05, 0) is 12.1 Å². The molecule has 0 aliphatic heterocycles. The molecule has 0 unspecified atom stereocenters. The van der Waals surface area contributed by atoms with E-state index in [9.17, 15) is 18.5 Å². The van der Waals surface area contributed by atoms with Crippen molar-refractivity contribution in [1.29, 1.82) is 0 Å². The van der Waals surface area contributed by atoms with E-state index >= 15 is 0 Å². The average molecular weight is 305 g/mol. The van der Waals surface area contributed by atoms with Crippen LogP contribution in [0.25, 0.3) is 0 Å². The predicted octanol–water partition coefficient (Wildman–Crippen LogP) is 1.90. The van der Waals surface area contributed by atoms with Gasteiger partial charge in [0.25, 0.3) is 0 Å². The number of hydrogen-bond donors (Lipinski definition) is 0. The van der Waals surface area contributed by atoms with Gasteiger partial charge in [0.2, 0.25) is 0 Å². The van der Waals surface area contributed by atoms with Crippen molar-refractivity contribution in [1.82, 2.24) is 4.52 Å². The van der Waals surface area contributed by atoms with E-state index in [2.05, 4.69) is 5.10 Å². The topological polar surface area (TPSA) is 92.9 Å². The standard InChI is InChI=1S/C13H11N3O4S/c17-16(18)15(14-11-12-7-3-1-4-8-12)21(19,20)13-9-5-2-6-10-13/h1-11H/b14-11+. The van der Waals surface area contributed by atoms with Crippen LogP contribution in [0.4, 0.5) is 0 Å². The third kappa shape index (κ3) is 3.42. The summed E-state index contributed by atoms with van der Waals surface area (Å²) in [5.74, 6) is 0. The third-order valence-corrected chi connectivity index (χ3v) is 4.03. The molecular weight excluding hydrogens is 294 g/mol. The van der Waals surface area contributed by atoms with Gasteiger partial charge in [-0.3, -0.25) is 0 Å². The molecule has 7 nitrogen and oxygen atoms in total. The highest BCUT2D eigenvalue weighted by molar-refractivity contribution is 7.89. The lowest BCUT2D eigenvalue weighted by Gasteiger charge is -2.08. The molecule has 0 spiro atoms. The first-order valence-electron chi connectivity index (χ1n) is 5.85. The second kappa shape index (κ2) is 6.14. The minimum absolute atomic E-state index is 0.144. The van der Waals surface area contributed by atoms with E-state index in [1.165, 1.54) is 24.3 Å². The van der Waals surface area contributed by atoms with E-state index < -0.39 is 15.1 Å². The van der Waals surface area contributed by atoms with Gasteiger partial charge in [-0.15, -0.1) is 0 Å². The van der Waals surface area contributed by atoms with Crippen LogP contribution in [0, 0.1) is 10.1 Å². The molecule has 0 fully saturated rings. The number of sulfonamides is 1. The van der Waals surface area contributed by atoms with Crippen LogP contribution in [0.1, 0.15) is 5.56 Å². The van der Waals surface area contributed by atoms with Crippen molar-refractivity contribution in [3.05, 3.63) is 76.3 Å². The Hall–Kier alpha value is -2.74. The summed E-state index contributed by atoms with van der Waals surface area (Å²) >= 11 is 0. The number of hydrazone groups is 1. The van der Waals surface area contributed by atoms with Gasteiger partial charge in [-0.1, -0.05) is 48.5 Å². The summed E-state index contributed by atoms with van der Waals surface area (Å²) in [6.07, 6.45) is 1.11. The number of nitro groups is 1. The van der Waals surface area contributed by atoms with Gasteiger partial charge in [0.15, 0.2) is 6.21 Å². The highest BCUT2D eigenvalue weighted by Gasteiger charge is 2.32. The minimum atomic E-state index is -4.33. The van der Waals surface area contributed by atoms with Gasteiger partial charge in [-0.2, -0.15) is 8.42 Å². The van der Waals surface area contributed by atoms with Crippen LogP contribution in [0.15, 0.2) is 70.7 Å². The molecule has 0 saturated heterocycles. The van der Waals surface area contributed by atoms with Crippen molar-refractivity contribution >= 4 is 16.2 Å². The highest BCUT2D eigenvalue weighted by Crippen LogP contribution is 2.15. The third-order valence-electron chi connectivity index (χ3n) is 2.50. The summed E-state index contributed by atoms with van der Waals surface area (Å²) in [5.41, 5.74) is 0.549. The summed E-state index contributed by atoms with van der Waals surface area (Å²) < 4.78 is 24.2. The molecule has 0 amide bonds.